The van der Waals surface area contributed by atoms with Crippen molar-refractivity contribution in [2.75, 3.05) is 14.2 Å². The Labute approximate surface area is 120 Å². The Morgan fingerprint density at radius 2 is 1.90 bits per heavy atom. The largest absolute Gasteiger partial charge is 0.496 e. The van der Waals surface area contributed by atoms with E-state index in [2.05, 4.69) is 0 Å². The number of ether oxygens (including phenoxy) is 2. The van der Waals surface area contributed by atoms with Crippen molar-refractivity contribution < 1.29 is 19.4 Å². The van der Waals surface area contributed by atoms with E-state index in [4.69, 9.17) is 9.47 Å². The second kappa shape index (κ2) is 6.75. The lowest BCUT2D eigenvalue weighted by Crippen LogP contribution is -2.45. The van der Waals surface area contributed by atoms with E-state index >= 15 is 0 Å². The molecule has 112 valence electrons. The number of hydrogen-bond acceptors (Lipinski definition) is 4. The van der Waals surface area contributed by atoms with Crippen LogP contribution in [0.1, 0.15) is 26.3 Å². The fraction of sp³-hybridized carbons (Fsp3) is 0.562. The minimum Gasteiger partial charge on any atom is -0.496 e. The molecule has 0 aromatic heterocycles. The molecule has 20 heavy (non-hydrogen) atoms. The standard InChI is InChI=1S/C16H24O4/c1-11(2)14(15(17)20-5)16(3,18)10-12-8-6-7-9-13(12)19-4/h6-9,11,14,18H,10H2,1-5H3. The second-order valence-corrected chi connectivity index (χ2v) is 5.59. The lowest BCUT2D eigenvalue weighted by molar-refractivity contribution is -0.157. The number of benzene rings is 1. The van der Waals surface area contributed by atoms with Gasteiger partial charge in [-0.15, -0.1) is 0 Å². The number of methoxy groups -OCH3 is 2. The molecular weight excluding hydrogens is 256 g/mol. The maximum absolute atomic E-state index is 11.9. The van der Waals surface area contributed by atoms with E-state index in [0.717, 1.165) is 5.56 Å². The Morgan fingerprint density at radius 3 is 2.40 bits per heavy atom. The molecule has 0 amide bonds. The first-order chi connectivity index (χ1) is 9.33. The van der Waals surface area contributed by atoms with Gasteiger partial charge in [0.15, 0.2) is 0 Å². The van der Waals surface area contributed by atoms with Gasteiger partial charge in [0.2, 0.25) is 0 Å². The van der Waals surface area contributed by atoms with Crippen LogP contribution in [0.5, 0.6) is 5.75 Å². The molecule has 0 saturated carbocycles. The average Bonchev–Trinajstić information content (AvgIpc) is 2.37. The van der Waals surface area contributed by atoms with E-state index < -0.39 is 11.5 Å². The fourth-order valence-corrected chi connectivity index (χ4v) is 2.72. The fourth-order valence-electron chi connectivity index (χ4n) is 2.72. The summed E-state index contributed by atoms with van der Waals surface area (Å²) in [5.74, 6) is -0.287. The first-order valence-electron chi connectivity index (χ1n) is 6.75. The zero-order valence-corrected chi connectivity index (χ0v) is 12.8. The van der Waals surface area contributed by atoms with Gasteiger partial charge in [-0.05, 0) is 24.5 Å². The van der Waals surface area contributed by atoms with E-state index in [1.54, 1.807) is 14.0 Å². The van der Waals surface area contributed by atoms with E-state index in [0.29, 0.717) is 12.2 Å². The molecule has 2 unspecified atom stereocenters. The van der Waals surface area contributed by atoms with Gasteiger partial charge in [0.1, 0.15) is 5.75 Å². The third-order valence-electron chi connectivity index (χ3n) is 3.53. The Hall–Kier alpha value is -1.55. The van der Waals surface area contributed by atoms with Crippen LogP contribution < -0.4 is 4.74 Å². The second-order valence-electron chi connectivity index (χ2n) is 5.59. The lowest BCUT2D eigenvalue weighted by atomic mass is 9.77. The van der Waals surface area contributed by atoms with Crippen molar-refractivity contribution >= 4 is 5.97 Å². The summed E-state index contributed by atoms with van der Waals surface area (Å²) in [6.07, 6.45) is 0.328. The molecule has 0 bridgehead atoms. The van der Waals surface area contributed by atoms with Gasteiger partial charge in [-0.2, -0.15) is 0 Å². The number of carbonyl (C=O) groups is 1. The molecule has 0 radical (unpaired) electrons. The summed E-state index contributed by atoms with van der Waals surface area (Å²) in [7, 11) is 2.94. The molecule has 4 nitrogen and oxygen atoms in total. The third-order valence-corrected chi connectivity index (χ3v) is 3.53. The van der Waals surface area contributed by atoms with Crippen LogP contribution in [0.25, 0.3) is 0 Å². The van der Waals surface area contributed by atoms with Crippen LogP contribution >= 0.6 is 0 Å². The van der Waals surface area contributed by atoms with Gasteiger partial charge in [0.25, 0.3) is 0 Å². The van der Waals surface area contributed by atoms with Crippen molar-refractivity contribution in [1.29, 1.82) is 0 Å². The predicted molar refractivity (Wildman–Crippen MR) is 77.7 cm³/mol. The van der Waals surface area contributed by atoms with Gasteiger partial charge < -0.3 is 14.6 Å². The molecule has 0 heterocycles. The maximum atomic E-state index is 11.9. The smallest absolute Gasteiger partial charge is 0.311 e. The minimum absolute atomic E-state index is 0.0212. The van der Waals surface area contributed by atoms with Gasteiger partial charge in [0.05, 0.1) is 25.7 Å². The molecule has 2 atom stereocenters. The normalized spacial score (nSPS) is 15.6. The average molecular weight is 280 g/mol. The molecule has 1 N–H and O–H groups in total. The Morgan fingerprint density at radius 1 is 1.30 bits per heavy atom. The van der Waals surface area contributed by atoms with Crippen LogP contribution in [-0.2, 0) is 16.0 Å². The predicted octanol–water partition coefficient (Wildman–Crippen LogP) is 2.43. The highest BCUT2D eigenvalue weighted by molar-refractivity contribution is 5.74. The third kappa shape index (κ3) is 3.73. The Kier molecular flexibility index (Phi) is 5.57. The molecule has 1 rings (SSSR count). The monoisotopic (exact) mass is 280 g/mol. The van der Waals surface area contributed by atoms with Crippen molar-refractivity contribution in [1.82, 2.24) is 0 Å². The summed E-state index contributed by atoms with van der Waals surface area (Å²) in [5.41, 5.74) is -0.329. The molecule has 0 fully saturated rings. The van der Waals surface area contributed by atoms with Gasteiger partial charge in [-0.1, -0.05) is 32.0 Å². The number of hydrogen-bond donors (Lipinski definition) is 1. The van der Waals surface area contributed by atoms with Crippen molar-refractivity contribution in [2.24, 2.45) is 11.8 Å². The van der Waals surface area contributed by atoms with Crippen molar-refractivity contribution in [3.63, 3.8) is 0 Å². The summed E-state index contributed by atoms with van der Waals surface area (Å²) in [6.45, 7) is 5.47. The van der Waals surface area contributed by atoms with E-state index in [1.807, 2.05) is 38.1 Å². The zero-order chi connectivity index (χ0) is 15.3. The minimum atomic E-state index is -1.20. The molecule has 0 aliphatic rings. The lowest BCUT2D eigenvalue weighted by Gasteiger charge is -2.34. The molecule has 0 saturated heterocycles. The van der Waals surface area contributed by atoms with Crippen molar-refractivity contribution in [2.45, 2.75) is 32.8 Å². The summed E-state index contributed by atoms with van der Waals surface area (Å²) < 4.78 is 10.1. The van der Waals surface area contributed by atoms with Gasteiger partial charge in [-0.3, -0.25) is 4.79 Å². The quantitative estimate of drug-likeness (QED) is 0.813. The van der Waals surface area contributed by atoms with Gasteiger partial charge in [-0.25, -0.2) is 0 Å². The van der Waals surface area contributed by atoms with Crippen LogP contribution in [-0.4, -0.2) is 30.9 Å². The molecule has 1 aromatic carbocycles. The van der Waals surface area contributed by atoms with Crippen molar-refractivity contribution in [3.05, 3.63) is 29.8 Å². The number of para-hydroxylation sites is 1. The first-order valence-corrected chi connectivity index (χ1v) is 6.75. The molecule has 0 aliphatic carbocycles. The highest BCUT2D eigenvalue weighted by Crippen LogP contribution is 2.32. The Bertz CT molecular complexity index is 452. The van der Waals surface area contributed by atoms with Crippen molar-refractivity contribution in [3.8, 4) is 5.75 Å². The summed E-state index contributed by atoms with van der Waals surface area (Å²) in [4.78, 5) is 11.9. The van der Waals surface area contributed by atoms with Crippen LogP contribution in [0, 0.1) is 11.8 Å². The summed E-state index contributed by atoms with van der Waals surface area (Å²) in [5, 5.41) is 10.8. The number of rotatable bonds is 6. The van der Waals surface area contributed by atoms with Crippen LogP contribution in [0.4, 0.5) is 0 Å². The van der Waals surface area contributed by atoms with Crippen LogP contribution in [0.15, 0.2) is 24.3 Å². The number of aliphatic hydroxyl groups is 1. The topological polar surface area (TPSA) is 55.8 Å². The highest BCUT2D eigenvalue weighted by atomic mass is 16.5. The van der Waals surface area contributed by atoms with Gasteiger partial charge >= 0.3 is 5.97 Å². The van der Waals surface area contributed by atoms with Crippen LogP contribution in [0.2, 0.25) is 0 Å². The van der Waals surface area contributed by atoms with E-state index in [9.17, 15) is 9.90 Å². The number of esters is 1. The van der Waals surface area contributed by atoms with E-state index in [1.165, 1.54) is 7.11 Å². The zero-order valence-electron chi connectivity index (χ0n) is 12.8. The molecule has 0 spiro atoms. The SMILES string of the molecule is COC(=O)C(C(C)C)C(C)(O)Cc1ccccc1OC. The summed E-state index contributed by atoms with van der Waals surface area (Å²) >= 11 is 0. The molecule has 1 aromatic rings. The highest BCUT2D eigenvalue weighted by Gasteiger charge is 2.40. The molecular formula is C16H24O4. The van der Waals surface area contributed by atoms with Crippen LogP contribution in [0.3, 0.4) is 0 Å². The maximum Gasteiger partial charge on any atom is 0.311 e. The molecule has 0 aliphatic heterocycles. The Balaban J connectivity index is 3.05. The van der Waals surface area contributed by atoms with Gasteiger partial charge in [0, 0.05) is 6.42 Å². The first kappa shape index (κ1) is 16.5. The summed E-state index contributed by atoms with van der Waals surface area (Å²) in [6, 6.07) is 7.49. The van der Waals surface area contributed by atoms with E-state index in [-0.39, 0.29) is 11.9 Å². The molecule has 4 heteroatoms. The number of carbonyl (C=O) groups excluding carboxylic acids is 1.